The molecule has 0 atom stereocenters. The van der Waals surface area contributed by atoms with E-state index in [9.17, 15) is 0 Å². The van der Waals surface area contributed by atoms with Crippen LogP contribution in [0.2, 0.25) is 0 Å². The molecule has 0 spiro atoms. The molecule has 0 N–H and O–H groups in total. The van der Waals surface area contributed by atoms with Gasteiger partial charge in [-0.05, 0) is 25.1 Å². The van der Waals surface area contributed by atoms with Crippen molar-refractivity contribution in [2.24, 2.45) is 7.05 Å². The molecule has 4 rings (SSSR count). The Labute approximate surface area is 114 Å². The number of nitrogens with zero attached hydrogens (tertiary/aromatic N) is 6. The molecule has 3 aromatic heterocycles. The molecule has 4 aromatic rings. The summed E-state index contributed by atoms with van der Waals surface area (Å²) < 4.78 is 3.51. The van der Waals surface area contributed by atoms with Crippen LogP contribution in [0.1, 0.15) is 5.69 Å². The van der Waals surface area contributed by atoms with Crippen molar-refractivity contribution in [2.45, 2.75) is 6.92 Å². The summed E-state index contributed by atoms with van der Waals surface area (Å²) in [4.78, 5) is 8.98. The molecule has 1 aromatic carbocycles. The highest BCUT2D eigenvalue weighted by molar-refractivity contribution is 5.91. The van der Waals surface area contributed by atoms with Crippen LogP contribution in [0.4, 0.5) is 0 Å². The number of rotatable bonds is 1. The van der Waals surface area contributed by atoms with E-state index in [1.54, 1.807) is 10.8 Å². The van der Waals surface area contributed by atoms with Gasteiger partial charge >= 0.3 is 0 Å². The fraction of sp³-hybridized carbons (Fsp3) is 0.143. The normalized spacial score (nSPS) is 11.5. The fourth-order valence-electron chi connectivity index (χ4n) is 2.26. The van der Waals surface area contributed by atoms with Gasteiger partial charge in [0.05, 0.1) is 5.52 Å². The van der Waals surface area contributed by atoms with Crippen molar-refractivity contribution in [1.82, 2.24) is 29.4 Å². The average molecular weight is 264 g/mol. The van der Waals surface area contributed by atoms with Gasteiger partial charge in [-0.15, -0.1) is 5.10 Å². The third-order valence-corrected chi connectivity index (χ3v) is 3.43. The number of aryl methyl sites for hydroxylation is 2. The SMILES string of the molecule is Cc1cc(-c2nc3c4ccccc4ncn3n2)nn1C. The Kier molecular flexibility index (Phi) is 2.14. The molecule has 6 heteroatoms. The maximum atomic E-state index is 4.60. The molecule has 0 aliphatic carbocycles. The first-order valence-corrected chi connectivity index (χ1v) is 6.33. The Bertz CT molecular complexity index is 914. The molecule has 3 heterocycles. The van der Waals surface area contributed by atoms with Gasteiger partial charge in [-0.1, -0.05) is 12.1 Å². The maximum Gasteiger partial charge on any atom is 0.202 e. The van der Waals surface area contributed by atoms with E-state index in [0.29, 0.717) is 5.82 Å². The van der Waals surface area contributed by atoms with Crippen LogP contribution in [0, 0.1) is 6.92 Å². The van der Waals surface area contributed by atoms with Crippen LogP contribution in [0.25, 0.3) is 28.1 Å². The van der Waals surface area contributed by atoms with E-state index in [1.165, 1.54) is 0 Å². The summed E-state index contributed by atoms with van der Waals surface area (Å²) in [6.45, 7) is 2.00. The first-order chi connectivity index (χ1) is 9.72. The third kappa shape index (κ3) is 1.51. The lowest BCUT2D eigenvalue weighted by molar-refractivity contribution is 0.741. The Hall–Kier alpha value is -2.76. The minimum Gasteiger partial charge on any atom is -0.272 e. The second kappa shape index (κ2) is 3.86. The molecule has 0 amide bonds. The van der Waals surface area contributed by atoms with Crippen molar-refractivity contribution in [2.75, 3.05) is 0 Å². The zero-order chi connectivity index (χ0) is 13.7. The van der Waals surface area contributed by atoms with Crippen LogP contribution in [-0.2, 0) is 7.05 Å². The molecule has 0 aliphatic rings. The number of hydrogen-bond acceptors (Lipinski definition) is 4. The molecular formula is C14H12N6. The second-order valence-electron chi connectivity index (χ2n) is 4.76. The molecule has 0 saturated carbocycles. The molecule has 0 saturated heterocycles. The second-order valence-corrected chi connectivity index (χ2v) is 4.76. The predicted octanol–water partition coefficient (Wildman–Crippen LogP) is 1.99. The van der Waals surface area contributed by atoms with Crippen molar-refractivity contribution >= 4 is 16.6 Å². The molecule has 0 aliphatic heterocycles. The minimum atomic E-state index is 0.617. The summed E-state index contributed by atoms with van der Waals surface area (Å²) in [6, 6.07) is 9.88. The predicted molar refractivity (Wildman–Crippen MR) is 75.2 cm³/mol. The summed E-state index contributed by atoms with van der Waals surface area (Å²) in [5, 5.41) is 9.86. The quantitative estimate of drug-likeness (QED) is 0.527. The number of fused-ring (bicyclic) bond motifs is 3. The Morgan fingerprint density at radius 3 is 2.75 bits per heavy atom. The summed E-state index contributed by atoms with van der Waals surface area (Å²) in [6.07, 6.45) is 1.68. The van der Waals surface area contributed by atoms with Gasteiger partial charge in [-0.25, -0.2) is 14.5 Å². The highest BCUT2D eigenvalue weighted by Crippen LogP contribution is 2.20. The maximum absolute atomic E-state index is 4.60. The summed E-state index contributed by atoms with van der Waals surface area (Å²) in [7, 11) is 1.91. The zero-order valence-corrected chi connectivity index (χ0v) is 11.1. The summed E-state index contributed by atoms with van der Waals surface area (Å²) >= 11 is 0. The number of benzene rings is 1. The van der Waals surface area contributed by atoms with Gasteiger partial charge in [0.2, 0.25) is 5.82 Å². The largest absolute Gasteiger partial charge is 0.272 e. The Morgan fingerprint density at radius 2 is 1.95 bits per heavy atom. The molecule has 0 unspecified atom stereocenters. The number of para-hydroxylation sites is 1. The van der Waals surface area contributed by atoms with Gasteiger partial charge in [0.1, 0.15) is 12.0 Å². The fourth-order valence-corrected chi connectivity index (χ4v) is 2.26. The van der Waals surface area contributed by atoms with Crippen molar-refractivity contribution in [3.8, 4) is 11.5 Å². The Morgan fingerprint density at radius 1 is 1.10 bits per heavy atom. The van der Waals surface area contributed by atoms with Crippen LogP contribution in [0.15, 0.2) is 36.7 Å². The lowest BCUT2D eigenvalue weighted by atomic mass is 10.2. The van der Waals surface area contributed by atoms with Crippen LogP contribution in [-0.4, -0.2) is 29.4 Å². The van der Waals surface area contributed by atoms with Crippen LogP contribution in [0.3, 0.4) is 0 Å². The average Bonchev–Trinajstić information content (AvgIpc) is 3.03. The molecule has 0 radical (unpaired) electrons. The zero-order valence-electron chi connectivity index (χ0n) is 11.1. The van der Waals surface area contributed by atoms with Crippen LogP contribution < -0.4 is 0 Å². The number of aromatic nitrogens is 6. The van der Waals surface area contributed by atoms with E-state index in [0.717, 1.165) is 27.9 Å². The molecule has 0 fully saturated rings. The monoisotopic (exact) mass is 264 g/mol. The van der Waals surface area contributed by atoms with Gasteiger partial charge in [-0.2, -0.15) is 5.10 Å². The van der Waals surface area contributed by atoms with Crippen LogP contribution in [0.5, 0.6) is 0 Å². The standard InChI is InChI=1S/C14H12N6/c1-9-7-12(17-19(9)2)13-16-14-10-5-3-4-6-11(10)15-8-20(14)18-13/h3-8H,1-2H3. The van der Waals surface area contributed by atoms with Crippen molar-refractivity contribution in [3.63, 3.8) is 0 Å². The lowest BCUT2D eigenvalue weighted by Gasteiger charge is -1.96. The van der Waals surface area contributed by atoms with E-state index in [2.05, 4.69) is 20.2 Å². The van der Waals surface area contributed by atoms with Gasteiger partial charge in [0.15, 0.2) is 5.65 Å². The van der Waals surface area contributed by atoms with E-state index < -0.39 is 0 Å². The highest BCUT2D eigenvalue weighted by atomic mass is 15.3. The molecule has 98 valence electrons. The first kappa shape index (κ1) is 11.1. The van der Waals surface area contributed by atoms with Gasteiger partial charge in [0, 0.05) is 18.1 Å². The van der Waals surface area contributed by atoms with Crippen molar-refractivity contribution < 1.29 is 0 Å². The van der Waals surface area contributed by atoms with Gasteiger partial charge in [-0.3, -0.25) is 4.68 Å². The third-order valence-electron chi connectivity index (χ3n) is 3.43. The topological polar surface area (TPSA) is 60.9 Å². The minimum absolute atomic E-state index is 0.617. The summed E-state index contributed by atoms with van der Waals surface area (Å²) in [5.74, 6) is 0.617. The van der Waals surface area contributed by atoms with Crippen molar-refractivity contribution in [1.29, 1.82) is 0 Å². The molecule has 6 nitrogen and oxygen atoms in total. The first-order valence-electron chi connectivity index (χ1n) is 6.33. The molecule has 0 bridgehead atoms. The van der Waals surface area contributed by atoms with E-state index in [-0.39, 0.29) is 0 Å². The Balaban J connectivity index is 2.00. The van der Waals surface area contributed by atoms with E-state index >= 15 is 0 Å². The van der Waals surface area contributed by atoms with Crippen molar-refractivity contribution in [3.05, 3.63) is 42.4 Å². The number of hydrogen-bond donors (Lipinski definition) is 0. The summed E-state index contributed by atoms with van der Waals surface area (Å²) in [5.41, 5.74) is 3.56. The van der Waals surface area contributed by atoms with E-state index in [4.69, 9.17) is 0 Å². The van der Waals surface area contributed by atoms with Gasteiger partial charge in [0.25, 0.3) is 0 Å². The lowest BCUT2D eigenvalue weighted by Crippen LogP contribution is -1.93. The highest BCUT2D eigenvalue weighted by Gasteiger charge is 2.12. The van der Waals surface area contributed by atoms with E-state index in [1.807, 2.05) is 49.0 Å². The van der Waals surface area contributed by atoms with Crippen LogP contribution >= 0.6 is 0 Å². The smallest absolute Gasteiger partial charge is 0.202 e. The molecule has 20 heavy (non-hydrogen) atoms. The van der Waals surface area contributed by atoms with Gasteiger partial charge < -0.3 is 0 Å². The molecular weight excluding hydrogens is 252 g/mol.